The largest absolute Gasteiger partial charge is 0.335 e. The van der Waals surface area contributed by atoms with Gasteiger partial charge in [-0.05, 0) is 43.4 Å². The number of urea groups is 1. The van der Waals surface area contributed by atoms with Crippen molar-refractivity contribution in [1.82, 2.24) is 10.6 Å². The van der Waals surface area contributed by atoms with Crippen LogP contribution in [0.1, 0.15) is 52.9 Å². The summed E-state index contributed by atoms with van der Waals surface area (Å²) in [6.07, 6.45) is 6.02. The van der Waals surface area contributed by atoms with Gasteiger partial charge in [-0.3, -0.25) is 0 Å². The summed E-state index contributed by atoms with van der Waals surface area (Å²) in [7, 11) is 0. The van der Waals surface area contributed by atoms with Crippen molar-refractivity contribution in [2.45, 2.75) is 65.0 Å². The van der Waals surface area contributed by atoms with Crippen LogP contribution in [0.4, 0.5) is 4.79 Å². The zero-order chi connectivity index (χ0) is 12.4. The van der Waals surface area contributed by atoms with Crippen molar-refractivity contribution >= 4 is 6.03 Å². The summed E-state index contributed by atoms with van der Waals surface area (Å²) in [4.78, 5) is 11.8. The first-order valence-corrected chi connectivity index (χ1v) is 7.13. The molecular weight excluding hydrogens is 212 g/mol. The van der Waals surface area contributed by atoms with Crippen molar-refractivity contribution in [2.24, 2.45) is 17.8 Å². The highest BCUT2D eigenvalue weighted by molar-refractivity contribution is 5.74. The SMILES string of the molecule is CC1CCC(C(C)C)C(NC(=O)NC2CC2)C1. The van der Waals surface area contributed by atoms with Crippen molar-refractivity contribution in [3.05, 3.63) is 0 Å². The van der Waals surface area contributed by atoms with Crippen LogP contribution in [0.25, 0.3) is 0 Å². The van der Waals surface area contributed by atoms with Crippen molar-refractivity contribution in [3.63, 3.8) is 0 Å². The van der Waals surface area contributed by atoms with Gasteiger partial charge in [-0.1, -0.05) is 27.2 Å². The molecule has 0 aromatic rings. The molecule has 0 spiro atoms. The van der Waals surface area contributed by atoms with Crippen molar-refractivity contribution < 1.29 is 4.79 Å². The quantitative estimate of drug-likeness (QED) is 0.780. The summed E-state index contributed by atoms with van der Waals surface area (Å²) < 4.78 is 0. The van der Waals surface area contributed by atoms with Gasteiger partial charge >= 0.3 is 6.03 Å². The van der Waals surface area contributed by atoms with Crippen LogP contribution in [-0.2, 0) is 0 Å². The van der Waals surface area contributed by atoms with Gasteiger partial charge in [-0.25, -0.2) is 4.79 Å². The van der Waals surface area contributed by atoms with Crippen LogP contribution in [-0.4, -0.2) is 18.1 Å². The molecule has 3 nitrogen and oxygen atoms in total. The van der Waals surface area contributed by atoms with Gasteiger partial charge in [-0.15, -0.1) is 0 Å². The van der Waals surface area contributed by atoms with Gasteiger partial charge in [0.15, 0.2) is 0 Å². The molecule has 0 aliphatic heterocycles. The third kappa shape index (κ3) is 3.62. The summed E-state index contributed by atoms with van der Waals surface area (Å²) in [6.45, 7) is 6.84. The molecule has 0 aromatic heterocycles. The average molecular weight is 238 g/mol. The lowest BCUT2D eigenvalue weighted by Crippen LogP contribution is -2.49. The lowest BCUT2D eigenvalue weighted by Gasteiger charge is -2.37. The monoisotopic (exact) mass is 238 g/mol. The summed E-state index contributed by atoms with van der Waals surface area (Å²) in [6, 6.07) is 0.878. The third-order valence-electron chi connectivity index (χ3n) is 4.25. The molecule has 0 radical (unpaired) electrons. The highest BCUT2D eigenvalue weighted by Crippen LogP contribution is 2.33. The van der Waals surface area contributed by atoms with E-state index in [4.69, 9.17) is 0 Å². The highest BCUT2D eigenvalue weighted by Gasteiger charge is 2.32. The molecule has 0 aromatic carbocycles. The van der Waals surface area contributed by atoms with Gasteiger partial charge in [0.05, 0.1) is 0 Å². The molecule has 3 atom stereocenters. The van der Waals surface area contributed by atoms with Gasteiger partial charge < -0.3 is 10.6 Å². The van der Waals surface area contributed by atoms with Gasteiger partial charge in [0.25, 0.3) is 0 Å². The molecule has 2 N–H and O–H groups in total. The lowest BCUT2D eigenvalue weighted by molar-refractivity contribution is 0.168. The van der Waals surface area contributed by atoms with E-state index in [-0.39, 0.29) is 6.03 Å². The Labute approximate surface area is 105 Å². The van der Waals surface area contributed by atoms with Gasteiger partial charge in [0, 0.05) is 12.1 Å². The Kier molecular flexibility index (Phi) is 3.95. The minimum atomic E-state index is 0.0530. The summed E-state index contributed by atoms with van der Waals surface area (Å²) in [5.74, 6) is 2.06. The first-order valence-electron chi connectivity index (χ1n) is 7.13. The van der Waals surface area contributed by atoms with Crippen LogP contribution >= 0.6 is 0 Å². The van der Waals surface area contributed by atoms with Crippen molar-refractivity contribution in [1.29, 1.82) is 0 Å². The lowest BCUT2D eigenvalue weighted by atomic mass is 9.74. The van der Waals surface area contributed by atoms with E-state index in [1.54, 1.807) is 0 Å². The number of hydrogen-bond donors (Lipinski definition) is 2. The predicted octanol–water partition coefficient (Wildman–Crippen LogP) is 2.91. The van der Waals surface area contributed by atoms with Crippen molar-refractivity contribution in [2.75, 3.05) is 0 Å². The Morgan fingerprint density at radius 1 is 1.12 bits per heavy atom. The minimum absolute atomic E-state index is 0.0530. The van der Waals surface area contributed by atoms with E-state index < -0.39 is 0 Å². The van der Waals surface area contributed by atoms with Gasteiger partial charge in [-0.2, -0.15) is 0 Å². The summed E-state index contributed by atoms with van der Waals surface area (Å²) >= 11 is 0. The fourth-order valence-electron chi connectivity index (χ4n) is 2.99. The minimum Gasteiger partial charge on any atom is -0.335 e. The molecule has 2 rings (SSSR count). The molecule has 2 saturated carbocycles. The molecule has 2 amide bonds. The van der Waals surface area contributed by atoms with Crippen LogP contribution in [0.2, 0.25) is 0 Å². The first-order chi connectivity index (χ1) is 8.06. The number of carbonyl (C=O) groups is 1. The normalized spacial score (nSPS) is 33.5. The van der Waals surface area contributed by atoms with Crippen LogP contribution in [0, 0.1) is 17.8 Å². The number of rotatable bonds is 3. The zero-order valence-electron chi connectivity index (χ0n) is 11.3. The van der Waals surface area contributed by atoms with Crippen LogP contribution in [0.3, 0.4) is 0 Å². The molecule has 0 heterocycles. The fourth-order valence-corrected chi connectivity index (χ4v) is 2.99. The van der Waals surface area contributed by atoms with E-state index >= 15 is 0 Å². The maximum absolute atomic E-state index is 11.8. The Hall–Kier alpha value is -0.730. The second-order valence-corrected chi connectivity index (χ2v) is 6.32. The van der Waals surface area contributed by atoms with E-state index in [1.807, 2.05) is 0 Å². The maximum atomic E-state index is 11.8. The predicted molar refractivity (Wildman–Crippen MR) is 69.8 cm³/mol. The van der Waals surface area contributed by atoms with Crippen LogP contribution in [0.5, 0.6) is 0 Å². The maximum Gasteiger partial charge on any atom is 0.315 e. The smallest absolute Gasteiger partial charge is 0.315 e. The second-order valence-electron chi connectivity index (χ2n) is 6.32. The van der Waals surface area contributed by atoms with Crippen molar-refractivity contribution in [3.8, 4) is 0 Å². The van der Waals surface area contributed by atoms with E-state index in [0.717, 1.165) is 25.2 Å². The van der Waals surface area contributed by atoms with E-state index in [0.29, 0.717) is 23.9 Å². The van der Waals surface area contributed by atoms with Crippen LogP contribution < -0.4 is 10.6 Å². The molecule has 3 heteroatoms. The molecular formula is C14H26N2O. The molecule has 17 heavy (non-hydrogen) atoms. The third-order valence-corrected chi connectivity index (χ3v) is 4.25. The topological polar surface area (TPSA) is 41.1 Å². The zero-order valence-corrected chi connectivity index (χ0v) is 11.3. The molecule has 0 bridgehead atoms. The Morgan fingerprint density at radius 2 is 1.82 bits per heavy atom. The Bertz CT molecular complexity index is 273. The van der Waals surface area contributed by atoms with E-state index in [2.05, 4.69) is 31.4 Å². The molecule has 2 aliphatic rings. The fraction of sp³-hybridized carbons (Fsp3) is 0.929. The molecule has 98 valence electrons. The van der Waals surface area contributed by atoms with Gasteiger partial charge in [0.1, 0.15) is 0 Å². The number of nitrogens with one attached hydrogen (secondary N) is 2. The highest BCUT2D eigenvalue weighted by atomic mass is 16.2. The second kappa shape index (κ2) is 5.28. The molecule has 2 aliphatic carbocycles. The van der Waals surface area contributed by atoms with E-state index in [9.17, 15) is 4.79 Å². The first kappa shape index (κ1) is 12.7. The Morgan fingerprint density at radius 3 is 2.41 bits per heavy atom. The number of hydrogen-bond acceptors (Lipinski definition) is 1. The number of carbonyl (C=O) groups excluding carboxylic acids is 1. The van der Waals surface area contributed by atoms with Gasteiger partial charge in [0.2, 0.25) is 0 Å². The van der Waals surface area contributed by atoms with E-state index in [1.165, 1.54) is 12.8 Å². The Balaban J connectivity index is 1.87. The molecule has 0 saturated heterocycles. The van der Waals surface area contributed by atoms with Crippen LogP contribution in [0.15, 0.2) is 0 Å². The molecule has 3 unspecified atom stereocenters. The average Bonchev–Trinajstić information content (AvgIpc) is 3.00. The summed E-state index contributed by atoms with van der Waals surface area (Å²) in [5, 5.41) is 6.23. The standard InChI is InChI=1S/C14H26N2O/c1-9(2)12-7-4-10(3)8-13(12)16-14(17)15-11-5-6-11/h9-13H,4-8H2,1-3H3,(H2,15,16,17). The summed E-state index contributed by atoms with van der Waals surface area (Å²) in [5.41, 5.74) is 0. The molecule has 2 fully saturated rings. The number of amides is 2.